The van der Waals surface area contributed by atoms with Gasteiger partial charge < -0.3 is 15.2 Å². The molecule has 1 fully saturated rings. The molecule has 13 heavy (non-hydrogen) atoms. The van der Waals surface area contributed by atoms with Gasteiger partial charge in [-0.05, 0) is 13.0 Å². The Kier molecular flexibility index (Phi) is 1.55. The van der Waals surface area contributed by atoms with Crippen LogP contribution in [0.15, 0.2) is 12.4 Å². The van der Waals surface area contributed by atoms with Crippen molar-refractivity contribution in [3.63, 3.8) is 0 Å². The first-order valence-corrected chi connectivity index (χ1v) is 4.92. The lowest BCUT2D eigenvalue weighted by Crippen LogP contribution is -2.48. The highest BCUT2D eigenvalue weighted by atomic mass is 15.2. The molecule has 4 heteroatoms. The lowest BCUT2D eigenvalue weighted by molar-refractivity contribution is 0.290. The van der Waals surface area contributed by atoms with E-state index in [1.165, 1.54) is 6.42 Å². The molecule has 3 heterocycles. The van der Waals surface area contributed by atoms with Crippen LogP contribution < -0.4 is 10.6 Å². The van der Waals surface area contributed by atoms with Crippen molar-refractivity contribution in [2.45, 2.75) is 19.0 Å². The van der Waals surface area contributed by atoms with Crippen LogP contribution in [0.3, 0.4) is 0 Å². The Labute approximate surface area is 77.3 Å². The third kappa shape index (κ3) is 1.13. The Morgan fingerprint density at radius 1 is 1.54 bits per heavy atom. The maximum absolute atomic E-state index is 4.28. The fourth-order valence-corrected chi connectivity index (χ4v) is 2.32. The van der Waals surface area contributed by atoms with Crippen LogP contribution >= 0.6 is 0 Å². The standard InChI is InChI=1S/C9H14N4/c1-2-10-5-7-6-13-4-3-11-9(13)12-8(1)7/h3-4,7-8,10H,1-2,5-6H2,(H,11,12). The molecule has 2 aliphatic rings. The van der Waals surface area contributed by atoms with Crippen molar-refractivity contribution in [1.82, 2.24) is 14.9 Å². The minimum atomic E-state index is 0.635. The molecule has 2 unspecified atom stereocenters. The zero-order valence-corrected chi connectivity index (χ0v) is 7.53. The van der Waals surface area contributed by atoms with E-state index in [4.69, 9.17) is 0 Å². The third-order valence-electron chi connectivity index (χ3n) is 3.07. The summed E-state index contributed by atoms with van der Waals surface area (Å²) in [4.78, 5) is 4.28. The number of hydrogen-bond acceptors (Lipinski definition) is 3. The van der Waals surface area contributed by atoms with Crippen LogP contribution in [0, 0.1) is 5.92 Å². The topological polar surface area (TPSA) is 41.9 Å². The van der Waals surface area contributed by atoms with Crippen molar-refractivity contribution >= 4 is 5.95 Å². The molecule has 1 aromatic rings. The van der Waals surface area contributed by atoms with E-state index >= 15 is 0 Å². The zero-order chi connectivity index (χ0) is 8.67. The highest BCUT2D eigenvalue weighted by molar-refractivity contribution is 5.31. The van der Waals surface area contributed by atoms with E-state index in [1.54, 1.807) is 0 Å². The van der Waals surface area contributed by atoms with Gasteiger partial charge in [0.1, 0.15) is 0 Å². The second-order valence-electron chi connectivity index (χ2n) is 3.91. The summed E-state index contributed by atoms with van der Waals surface area (Å²) >= 11 is 0. The molecule has 3 rings (SSSR count). The predicted molar refractivity (Wildman–Crippen MR) is 50.6 cm³/mol. The second kappa shape index (κ2) is 2.73. The summed E-state index contributed by atoms with van der Waals surface area (Å²) in [5.41, 5.74) is 0. The Bertz CT molecular complexity index is 278. The molecule has 0 aromatic carbocycles. The molecule has 70 valence electrons. The van der Waals surface area contributed by atoms with E-state index in [0.717, 1.165) is 31.5 Å². The van der Waals surface area contributed by atoms with Gasteiger partial charge in [0.05, 0.1) is 0 Å². The Morgan fingerprint density at radius 2 is 2.54 bits per heavy atom. The number of piperidine rings is 1. The maximum atomic E-state index is 4.28. The average Bonchev–Trinajstić information content (AvgIpc) is 2.61. The van der Waals surface area contributed by atoms with Gasteiger partial charge in [-0.3, -0.25) is 0 Å². The lowest BCUT2D eigenvalue weighted by Gasteiger charge is -2.37. The van der Waals surface area contributed by atoms with Gasteiger partial charge in [-0.15, -0.1) is 0 Å². The number of imidazole rings is 1. The predicted octanol–water partition coefficient (Wildman–Crippen LogP) is 0.287. The summed E-state index contributed by atoms with van der Waals surface area (Å²) in [5.74, 6) is 1.78. The minimum Gasteiger partial charge on any atom is -0.352 e. The molecule has 2 aliphatic heterocycles. The quantitative estimate of drug-likeness (QED) is 0.600. The van der Waals surface area contributed by atoms with E-state index in [2.05, 4.69) is 20.2 Å². The van der Waals surface area contributed by atoms with Crippen molar-refractivity contribution in [3.05, 3.63) is 12.4 Å². The number of anilines is 1. The van der Waals surface area contributed by atoms with Crippen LogP contribution in [-0.2, 0) is 6.54 Å². The largest absolute Gasteiger partial charge is 0.352 e. The molecule has 2 atom stereocenters. The Hall–Kier alpha value is -1.03. The first-order valence-electron chi connectivity index (χ1n) is 4.92. The number of nitrogens with zero attached hydrogens (tertiary/aromatic N) is 2. The van der Waals surface area contributed by atoms with E-state index in [0.29, 0.717) is 6.04 Å². The summed E-state index contributed by atoms with van der Waals surface area (Å²) in [6.45, 7) is 3.38. The molecular weight excluding hydrogens is 164 g/mol. The van der Waals surface area contributed by atoms with Gasteiger partial charge in [0.25, 0.3) is 0 Å². The highest BCUT2D eigenvalue weighted by Crippen LogP contribution is 2.24. The summed E-state index contributed by atoms with van der Waals surface area (Å²) in [6, 6.07) is 0.635. The molecule has 0 radical (unpaired) electrons. The molecule has 0 saturated carbocycles. The van der Waals surface area contributed by atoms with Gasteiger partial charge in [0.15, 0.2) is 0 Å². The van der Waals surface area contributed by atoms with Crippen molar-refractivity contribution in [3.8, 4) is 0 Å². The lowest BCUT2D eigenvalue weighted by atomic mass is 9.92. The highest BCUT2D eigenvalue weighted by Gasteiger charge is 2.30. The Morgan fingerprint density at radius 3 is 3.54 bits per heavy atom. The van der Waals surface area contributed by atoms with Crippen molar-refractivity contribution < 1.29 is 0 Å². The minimum absolute atomic E-state index is 0.635. The van der Waals surface area contributed by atoms with Crippen LogP contribution in [0.25, 0.3) is 0 Å². The van der Waals surface area contributed by atoms with Gasteiger partial charge in [-0.2, -0.15) is 0 Å². The number of nitrogens with one attached hydrogen (secondary N) is 2. The first kappa shape index (κ1) is 7.38. The molecule has 0 bridgehead atoms. The Balaban J connectivity index is 1.89. The van der Waals surface area contributed by atoms with E-state index in [-0.39, 0.29) is 0 Å². The summed E-state index contributed by atoms with van der Waals surface area (Å²) in [7, 11) is 0. The average molecular weight is 178 g/mol. The molecule has 4 nitrogen and oxygen atoms in total. The second-order valence-corrected chi connectivity index (χ2v) is 3.91. The summed E-state index contributed by atoms with van der Waals surface area (Å²) < 4.78 is 2.20. The zero-order valence-electron chi connectivity index (χ0n) is 7.53. The smallest absolute Gasteiger partial charge is 0.203 e. The number of hydrogen-bond donors (Lipinski definition) is 2. The molecule has 0 aliphatic carbocycles. The van der Waals surface area contributed by atoms with Gasteiger partial charge in [-0.1, -0.05) is 0 Å². The van der Waals surface area contributed by atoms with E-state index < -0.39 is 0 Å². The van der Waals surface area contributed by atoms with Crippen LogP contribution in [0.4, 0.5) is 5.95 Å². The molecular formula is C9H14N4. The first-order chi connectivity index (χ1) is 6.43. The molecule has 1 aromatic heterocycles. The fraction of sp³-hybridized carbons (Fsp3) is 0.667. The van der Waals surface area contributed by atoms with Crippen molar-refractivity contribution in [2.24, 2.45) is 5.92 Å². The monoisotopic (exact) mass is 178 g/mol. The van der Waals surface area contributed by atoms with Gasteiger partial charge in [0, 0.05) is 37.4 Å². The number of aromatic nitrogens is 2. The third-order valence-corrected chi connectivity index (χ3v) is 3.07. The molecule has 0 amide bonds. The number of fused-ring (bicyclic) bond motifs is 2. The van der Waals surface area contributed by atoms with Crippen molar-refractivity contribution in [1.29, 1.82) is 0 Å². The molecule has 0 spiro atoms. The van der Waals surface area contributed by atoms with Crippen LogP contribution in [0.2, 0.25) is 0 Å². The SMILES string of the molecule is c1cn2c(n1)NC1CCNCC1C2. The number of rotatable bonds is 0. The van der Waals surface area contributed by atoms with Gasteiger partial charge >= 0.3 is 0 Å². The van der Waals surface area contributed by atoms with E-state index in [9.17, 15) is 0 Å². The van der Waals surface area contributed by atoms with Gasteiger partial charge in [0.2, 0.25) is 5.95 Å². The molecule has 1 saturated heterocycles. The molecule has 2 N–H and O–H groups in total. The summed E-state index contributed by atoms with van der Waals surface area (Å²) in [5, 5.41) is 6.92. The normalized spacial score (nSPS) is 31.7. The summed E-state index contributed by atoms with van der Waals surface area (Å²) in [6.07, 6.45) is 5.14. The van der Waals surface area contributed by atoms with Crippen LogP contribution in [0.5, 0.6) is 0 Å². The van der Waals surface area contributed by atoms with Gasteiger partial charge in [-0.25, -0.2) is 4.98 Å². The fourth-order valence-electron chi connectivity index (χ4n) is 2.32. The van der Waals surface area contributed by atoms with Crippen molar-refractivity contribution in [2.75, 3.05) is 18.4 Å². The maximum Gasteiger partial charge on any atom is 0.203 e. The van der Waals surface area contributed by atoms with Crippen LogP contribution in [-0.4, -0.2) is 28.7 Å². The van der Waals surface area contributed by atoms with E-state index in [1.807, 2.05) is 12.4 Å². The van der Waals surface area contributed by atoms with Crippen LogP contribution in [0.1, 0.15) is 6.42 Å².